The number of aryl methyl sites for hydroxylation is 1. The van der Waals surface area contributed by atoms with E-state index in [0.29, 0.717) is 6.42 Å². The lowest BCUT2D eigenvalue weighted by atomic mass is 10.0. The minimum atomic E-state index is -0.511. The average molecular weight is 241 g/mol. The van der Waals surface area contributed by atoms with Gasteiger partial charge in [-0.05, 0) is 42.5 Å². The quantitative estimate of drug-likeness (QED) is 0.877. The van der Waals surface area contributed by atoms with Gasteiger partial charge in [-0.3, -0.25) is 0 Å². The van der Waals surface area contributed by atoms with Crippen LogP contribution in [0, 0.1) is 0 Å². The van der Waals surface area contributed by atoms with Crippen LogP contribution in [0.15, 0.2) is 12.1 Å². The maximum atomic E-state index is 9.96. The molecule has 0 amide bonds. The molecule has 16 heavy (non-hydrogen) atoms. The summed E-state index contributed by atoms with van der Waals surface area (Å²) in [6.07, 6.45) is 3.28. The second-order valence-electron chi connectivity index (χ2n) is 4.51. The molecule has 3 heteroatoms. The number of methoxy groups -OCH3 is 1. The molecule has 2 rings (SSSR count). The molecule has 1 saturated carbocycles. The van der Waals surface area contributed by atoms with Gasteiger partial charge in [0.15, 0.2) is 0 Å². The first-order valence-electron chi connectivity index (χ1n) is 5.65. The summed E-state index contributed by atoms with van der Waals surface area (Å²) in [5.74, 6) is 0.882. The summed E-state index contributed by atoms with van der Waals surface area (Å²) in [6, 6.07) is 3.83. The molecule has 1 N–H and O–H groups in total. The van der Waals surface area contributed by atoms with Gasteiger partial charge in [-0.25, -0.2) is 0 Å². The van der Waals surface area contributed by atoms with E-state index in [-0.39, 0.29) is 0 Å². The lowest BCUT2D eigenvalue weighted by Crippen LogP contribution is -2.12. The number of benzene rings is 1. The van der Waals surface area contributed by atoms with Crippen LogP contribution < -0.4 is 4.74 Å². The molecule has 0 bridgehead atoms. The number of hydrogen-bond donors (Lipinski definition) is 1. The third-order valence-corrected chi connectivity index (χ3v) is 3.36. The summed E-state index contributed by atoms with van der Waals surface area (Å²) in [7, 11) is 1.67. The summed E-state index contributed by atoms with van der Waals surface area (Å²) in [4.78, 5) is 0. The Kier molecular flexibility index (Phi) is 3.13. The van der Waals surface area contributed by atoms with E-state index in [0.717, 1.165) is 41.2 Å². The molecular formula is C13H17ClO2. The zero-order chi connectivity index (χ0) is 11.8. The monoisotopic (exact) mass is 240 g/mol. The highest BCUT2D eigenvalue weighted by Crippen LogP contribution is 2.41. The van der Waals surface area contributed by atoms with Crippen molar-refractivity contribution in [2.45, 2.75) is 38.2 Å². The Balaban J connectivity index is 2.37. The Bertz CT molecular complexity index is 397. The average Bonchev–Trinajstić information content (AvgIpc) is 2.95. The molecule has 0 atom stereocenters. The van der Waals surface area contributed by atoms with Gasteiger partial charge in [-0.2, -0.15) is 0 Å². The topological polar surface area (TPSA) is 29.5 Å². The van der Waals surface area contributed by atoms with Crippen LogP contribution in [-0.4, -0.2) is 17.8 Å². The van der Waals surface area contributed by atoms with Crippen molar-refractivity contribution in [2.75, 3.05) is 7.11 Å². The predicted molar refractivity (Wildman–Crippen MR) is 65.3 cm³/mol. The fourth-order valence-corrected chi connectivity index (χ4v) is 2.31. The standard InChI is InChI=1S/C13H17ClO2/c1-3-9-6-11(14)7-10(12(9)16-2)8-13(15)4-5-13/h6-7,15H,3-5,8H2,1-2H3. The van der Waals surface area contributed by atoms with E-state index >= 15 is 0 Å². The number of hydrogen-bond acceptors (Lipinski definition) is 2. The van der Waals surface area contributed by atoms with Crippen LogP contribution in [0.2, 0.25) is 5.02 Å². The van der Waals surface area contributed by atoms with E-state index in [4.69, 9.17) is 16.3 Å². The van der Waals surface area contributed by atoms with E-state index in [9.17, 15) is 5.11 Å². The Hall–Kier alpha value is -0.730. The molecule has 0 heterocycles. The van der Waals surface area contributed by atoms with Crippen LogP contribution in [-0.2, 0) is 12.8 Å². The third kappa shape index (κ3) is 2.33. The second kappa shape index (κ2) is 4.27. The first kappa shape index (κ1) is 11.7. The second-order valence-corrected chi connectivity index (χ2v) is 4.95. The number of aliphatic hydroxyl groups is 1. The molecule has 0 aliphatic heterocycles. The SMILES string of the molecule is CCc1cc(Cl)cc(CC2(O)CC2)c1OC. The van der Waals surface area contributed by atoms with Crippen LogP contribution in [0.3, 0.4) is 0 Å². The summed E-state index contributed by atoms with van der Waals surface area (Å²) < 4.78 is 5.43. The van der Waals surface area contributed by atoms with Crippen molar-refractivity contribution in [1.29, 1.82) is 0 Å². The van der Waals surface area contributed by atoms with E-state index in [2.05, 4.69) is 6.92 Å². The Labute approximate surface area is 101 Å². The van der Waals surface area contributed by atoms with Crippen LogP contribution in [0.5, 0.6) is 5.75 Å². The van der Waals surface area contributed by atoms with Gasteiger partial charge in [0, 0.05) is 11.4 Å². The Morgan fingerprint density at radius 3 is 2.50 bits per heavy atom. The first-order valence-corrected chi connectivity index (χ1v) is 6.03. The Morgan fingerprint density at radius 1 is 1.38 bits per heavy atom. The molecule has 2 nitrogen and oxygen atoms in total. The minimum absolute atomic E-state index is 0.511. The van der Waals surface area contributed by atoms with Crippen molar-refractivity contribution < 1.29 is 9.84 Å². The van der Waals surface area contributed by atoms with Crippen LogP contribution in [0.4, 0.5) is 0 Å². The molecule has 1 aliphatic carbocycles. The Morgan fingerprint density at radius 2 is 2.00 bits per heavy atom. The van der Waals surface area contributed by atoms with Crippen molar-refractivity contribution in [1.82, 2.24) is 0 Å². The van der Waals surface area contributed by atoms with E-state index in [1.165, 1.54) is 0 Å². The van der Waals surface area contributed by atoms with Gasteiger partial charge in [0.05, 0.1) is 12.7 Å². The fourth-order valence-electron chi connectivity index (χ4n) is 2.04. The van der Waals surface area contributed by atoms with Gasteiger partial charge in [0.2, 0.25) is 0 Å². The largest absolute Gasteiger partial charge is 0.496 e. The lowest BCUT2D eigenvalue weighted by Gasteiger charge is -2.15. The highest BCUT2D eigenvalue weighted by atomic mass is 35.5. The predicted octanol–water partition coefficient (Wildman–Crippen LogP) is 2.98. The fraction of sp³-hybridized carbons (Fsp3) is 0.538. The summed E-state index contributed by atoms with van der Waals surface area (Å²) in [5, 5.41) is 10.7. The first-order chi connectivity index (χ1) is 7.58. The van der Waals surface area contributed by atoms with Gasteiger partial charge in [0.25, 0.3) is 0 Å². The summed E-state index contributed by atoms with van der Waals surface area (Å²) in [6.45, 7) is 2.07. The zero-order valence-corrected chi connectivity index (χ0v) is 10.5. The molecule has 0 spiro atoms. The van der Waals surface area contributed by atoms with Gasteiger partial charge in [0.1, 0.15) is 5.75 Å². The van der Waals surface area contributed by atoms with Crippen LogP contribution in [0.1, 0.15) is 30.9 Å². The molecule has 88 valence electrons. The summed E-state index contributed by atoms with van der Waals surface area (Å²) >= 11 is 6.07. The highest BCUT2D eigenvalue weighted by Gasteiger charge is 2.41. The maximum absolute atomic E-state index is 9.96. The summed E-state index contributed by atoms with van der Waals surface area (Å²) in [5.41, 5.74) is 1.62. The molecule has 0 radical (unpaired) electrons. The normalized spacial score (nSPS) is 17.2. The van der Waals surface area contributed by atoms with Gasteiger partial charge < -0.3 is 9.84 Å². The van der Waals surface area contributed by atoms with Crippen molar-refractivity contribution >= 4 is 11.6 Å². The number of halogens is 1. The zero-order valence-electron chi connectivity index (χ0n) is 9.72. The molecule has 0 unspecified atom stereocenters. The van der Waals surface area contributed by atoms with E-state index in [1.54, 1.807) is 7.11 Å². The molecule has 1 aromatic carbocycles. The van der Waals surface area contributed by atoms with Gasteiger partial charge in [-0.1, -0.05) is 18.5 Å². The third-order valence-electron chi connectivity index (χ3n) is 3.14. The number of ether oxygens (including phenoxy) is 1. The van der Waals surface area contributed by atoms with Crippen LogP contribution >= 0.6 is 11.6 Å². The molecule has 1 fully saturated rings. The van der Waals surface area contributed by atoms with Gasteiger partial charge >= 0.3 is 0 Å². The number of rotatable bonds is 4. The van der Waals surface area contributed by atoms with Gasteiger partial charge in [-0.15, -0.1) is 0 Å². The smallest absolute Gasteiger partial charge is 0.125 e. The van der Waals surface area contributed by atoms with Crippen molar-refractivity contribution in [3.8, 4) is 5.75 Å². The van der Waals surface area contributed by atoms with Crippen molar-refractivity contribution in [2.24, 2.45) is 0 Å². The van der Waals surface area contributed by atoms with Crippen LogP contribution in [0.25, 0.3) is 0 Å². The molecule has 0 saturated heterocycles. The molecule has 1 aliphatic rings. The molecule has 0 aromatic heterocycles. The van der Waals surface area contributed by atoms with E-state index in [1.807, 2.05) is 12.1 Å². The van der Waals surface area contributed by atoms with Crippen molar-refractivity contribution in [3.05, 3.63) is 28.3 Å². The maximum Gasteiger partial charge on any atom is 0.125 e. The highest BCUT2D eigenvalue weighted by molar-refractivity contribution is 6.30. The molecular weight excluding hydrogens is 224 g/mol. The van der Waals surface area contributed by atoms with Crippen molar-refractivity contribution in [3.63, 3.8) is 0 Å². The van der Waals surface area contributed by atoms with E-state index < -0.39 is 5.60 Å². The molecule has 1 aromatic rings. The minimum Gasteiger partial charge on any atom is -0.496 e. The lowest BCUT2D eigenvalue weighted by molar-refractivity contribution is 0.150.